The molecule has 1 aromatic rings. The summed E-state index contributed by atoms with van der Waals surface area (Å²) in [5.41, 5.74) is 1.05. The van der Waals surface area contributed by atoms with Gasteiger partial charge in [0.05, 0.1) is 18.1 Å². The average molecular weight is 260 g/mol. The normalized spacial score (nSPS) is 10.1. The van der Waals surface area contributed by atoms with E-state index in [9.17, 15) is 10.1 Å². The maximum absolute atomic E-state index is 10.3. The Hall–Kier alpha value is -0.940. The number of nitrogens with zero attached hydrogens (tertiary/aromatic N) is 1. The number of alkyl halides is 1. The van der Waals surface area contributed by atoms with Crippen molar-refractivity contribution in [1.82, 2.24) is 0 Å². The molecule has 0 aliphatic carbocycles. The van der Waals surface area contributed by atoms with Gasteiger partial charge in [-0.15, -0.1) is 0 Å². The van der Waals surface area contributed by atoms with Gasteiger partial charge in [0.15, 0.2) is 0 Å². The maximum Gasteiger partial charge on any atom is 0.269 e. The molecule has 0 saturated carbocycles. The SMILES string of the molecule is O=[N+]([O-])c1ccc(COCCBr)cc1. The zero-order chi connectivity index (χ0) is 10.4. The van der Waals surface area contributed by atoms with Gasteiger partial charge in [0, 0.05) is 17.5 Å². The second kappa shape index (κ2) is 5.72. The summed E-state index contributed by atoms with van der Waals surface area (Å²) < 4.78 is 5.25. The Kier molecular flexibility index (Phi) is 4.55. The second-order valence-electron chi connectivity index (χ2n) is 2.67. The number of benzene rings is 1. The number of non-ortho nitro benzene ring substituents is 1. The molecule has 0 heterocycles. The number of nitro benzene ring substituents is 1. The summed E-state index contributed by atoms with van der Waals surface area (Å²) in [5.74, 6) is 0. The topological polar surface area (TPSA) is 52.4 Å². The average Bonchev–Trinajstić information content (AvgIpc) is 2.19. The highest BCUT2D eigenvalue weighted by molar-refractivity contribution is 9.09. The smallest absolute Gasteiger partial charge is 0.269 e. The molecule has 1 aromatic carbocycles. The van der Waals surface area contributed by atoms with Crippen molar-refractivity contribution in [2.75, 3.05) is 11.9 Å². The molecule has 0 bridgehead atoms. The third-order valence-corrected chi connectivity index (χ3v) is 1.96. The minimum Gasteiger partial charge on any atom is -0.376 e. The standard InChI is InChI=1S/C9H10BrNO3/c10-5-6-14-7-8-1-3-9(4-2-8)11(12)13/h1-4H,5-7H2. The van der Waals surface area contributed by atoms with Gasteiger partial charge in [-0.1, -0.05) is 15.9 Å². The highest BCUT2D eigenvalue weighted by Gasteiger charge is 2.03. The van der Waals surface area contributed by atoms with Crippen LogP contribution in [0.1, 0.15) is 5.56 Å². The van der Waals surface area contributed by atoms with E-state index in [0.29, 0.717) is 13.2 Å². The van der Waals surface area contributed by atoms with Gasteiger partial charge in [-0.3, -0.25) is 10.1 Å². The Bertz CT molecular complexity index is 299. The van der Waals surface area contributed by atoms with E-state index in [2.05, 4.69) is 15.9 Å². The van der Waals surface area contributed by atoms with Gasteiger partial charge in [0.25, 0.3) is 5.69 Å². The number of nitro groups is 1. The predicted octanol–water partition coefficient (Wildman–Crippen LogP) is 2.51. The van der Waals surface area contributed by atoms with Crippen molar-refractivity contribution in [3.8, 4) is 0 Å². The van der Waals surface area contributed by atoms with E-state index in [1.54, 1.807) is 12.1 Å². The summed E-state index contributed by atoms with van der Waals surface area (Å²) in [4.78, 5) is 9.93. The monoisotopic (exact) mass is 259 g/mol. The first-order valence-corrected chi connectivity index (χ1v) is 5.23. The Labute approximate surface area is 90.2 Å². The van der Waals surface area contributed by atoms with E-state index in [0.717, 1.165) is 10.9 Å². The van der Waals surface area contributed by atoms with Crippen molar-refractivity contribution in [1.29, 1.82) is 0 Å². The molecule has 0 radical (unpaired) electrons. The highest BCUT2D eigenvalue weighted by atomic mass is 79.9. The van der Waals surface area contributed by atoms with Crippen LogP contribution in [-0.4, -0.2) is 16.9 Å². The van der Waals surface area contributed by atoms with Crippen LogP contribution in [0, 0.1) is 10.1 Å². The number of rotatable bonds is 5. The first-order chi connectivity index (χ1) is 6.74. The molecular formula is C9H10BrNO3. The molecular weight excluding hydrogens is 250 g/mol. The van der Waals surface area contributed by atoms with Crippen molar-refractivity contribution in [3.05, 3.63) is 39.9 Å². The number of ether oxygens (including phenoxy) is 1. The summed E-state index contributed by atoms with van der Waals surface area (Å²) in [6.07, 6.45) is 0. The van der Waals surface area contributed by atoms with E-state index in [1.165, 1.54) is 12.1 Å². The fourth-order valence-corrected chi connectivity index (χ4v) is 1.19. The molecule has 0 fully saturated rings. The van der Waals surface area contributed by atoms with Gasteiger partial charge in [-0.25, -0.2) is 0 Å². The number of hydrogen-bond acceptors (Lipinski definition) is 3. The maximum atomic E-state index is 10.3. The van der Waals surface area contributed by atoms with E-state index < -0.39 is 4.92 Å². The molecule has 76 valence electrons. The number of halogens is 1. The van der Waals surface area contributed by atoms with Crippen LogP contribution >= 0.6 is 15.9 Å². The summed E-state index contributed by atoms with van der Waals surface area (Å²) in [5, 5.41) is 11.1. The van der Waals surface area contributed by atoms with Crippen molar-refractivity contribution in [2.24, 2.45) is 0 Å². The van der Waals surface area contributed by atoms with Crippen molar-refractivity contribution < 1.29 is 9.66 Å². The molecule has 14 heavy (non-hydrogen) atoms. The van der Waals surface area contributed by atoms with Crippen LogP contribution < -0.4 is 0 Å². The second-order valence-corrected chi connectivity index (χ2v) is 3.46. The minimum absolute atomic E-state index is 0.106. The Balaban J connectivity index is 2.51. The lowest BCUT2D eigenvalue weighted by molar-refractivity contribution is -0.384. The highest BCUT2D eigenvalue weighted by Crippen LogP contribution is 2.12. The van der Waals surface area contributed by atoms with Gasteiger partial charge >= 0.3 is 0 Å². The van der Waals surface area contributed by atoms with Crippen LogP contribution in [0.2, 0.25) is 0 Å². The number of hydrogen-bond donors (Lipinski definition) is 0. The van der Waals surface area contributed by atoms with Crippen molar-refractivity contribution in [2.45, 2.75) is 6.61 Å². The van der Waals surface area contributed by atoms with Crippen molar-refractivity contribution in [3.63, 3.8) is 0 Å². The van der Waals surface area contributed by atoms with Gasteiger partial charge in [-0.2, -0.15) is 0 Å². The third kappa shape index (κ3) is 3.43. The van der Waals surface area contributed by atoms with Crippen LogP contribution in [0.5, 0.6) is 0 Å². The lowest BCUT2D eigenvalue weighted by atomic mass is 10.2. The van der Waals surface area contributed by atoms with Crippen LogP contribution in [0.25, 0.3) is 0 Å². The quantitative estimate of drug-likeness (QED) is 0.353. The van der Waals surface area contributed by atoms with Crippen molar-refractivity contribution >= 4 is 21.6 Å². The first-order valence-electron chi connectivity index (χ1n) is 4.11. The van der Waals surface area contributed by atoms with Crippen LogP contribution in [0.4, 0.5) is 5.69 Å². The Morgan fingerprint density at radius 1 is 1.36 bits per heavy atom. The first kappa shape index (κ1) is 11.1. The summed E-state index contributed by atoms with van der Waals surface area (Å²) in [6.45, 7) is 1.13. The summed E-state index contributed by atoms with van der Waals surface area (Å²) in [7, 11) is 0. The van der Waals surface area contributed by atoms with Crippen LogP contribution in [-0.2, 0) is 11.3 Å². The zero-order valence-corrected chi connectivity index (χ0v) is 9.07. The van der Waals surface area contributed by atoms with E-state index in [1.807, 2.05) is 0 Å². The lowest BCUT2D eigenvalue weighted by Crippen LogP contribution is -1.96. The molecule has 0 spiro atoms. The molecule has 5 heteroatoms. The molecule has 0 saturated heterocycles. The Morgan fingerprint density at radius 3 is 2.50 bits per heavy atom. The minimum atomic E-state index is -0.414. The molecule has 0 amide bonds. The largest absolute Gasteiger partial charge is 0.376 e. The van der Waals surface area contributed by atoms with E-state index >= 15 is 0 Å². The third-order valence-electron chi connectivity index (χ3n) is 1.64. The van der Waals surface area contributed by atoms with Gasteiger partial charge < -0.3 is 4.74 Å². The molecule has 0 unspecified atom stereocenters. The van der Waals surface area contributed by atoms with Gasteiger partial charge in [0.1, 0.15) is 0 Å². The molecule has 0 aliphatic heterocycles. The lowest BCUT2D eigenvalue weighted by Gasteiger charge is -2.01. The molecule has 0 aromatic heterocycles. The fourth-order valence-electron chi connectivity index (χ4n) is 0.958. The molecule has 4 nitrogen and oxygen atoms in total. The van der Waals surface area contributed by atoms with Crippen LogP contribution in [0.3, 0.4) is 0 Å². The summed E-state index contributed by atoms with van der Waals surface area (Å²) in [6, 6.07) is 6.36. The molecule has 0 N–H and O–H groups in total. The zero-order valence-electron chi connectivity index (χ0n) is 7.48. The fraction of sp³-hybridized carbons (Fsp3) is 0.333. The summed E-state index contributed by atoms with van der Waals surface area (Å²) >= 11 is 3.24. The molecule has 0 aliphatic rings. The Morgan fingerprint density at radius 2 is 2.00 bits per heavy atom. The van der Waals surface area contributed by atoms with E-state index in [4.69, 9.17) is 4.74 Å². The molecule has 1 rings (SSSR count). The van der Waals surface area contributed by atoms with Gasteiger partial charge in [0.2, 0.25) is 0 Å². The van der Waals surface area contributed by atoms with Crippen LogP contribution in [0.15, 0.2) is 24.3 Å². The van der Waals surface area contributed by atoms with Gasteiger partial charge in [-0.05, 0) is 17.7 Å². The van der Waals surface area contributed by atoms with E-state index in [-0.39, 0.29) is 5.69 Å². The molecule has 0 atom stereocenters. The predicted molar refractivity (Wildman–Crippen MR) is 56.5 cm³/mol.